The van der Waals surface area contributed by atoms with Gasteiger partial charge in [0.1, 0.15) is 0 Å². The molecule has 0 fully saturated rings. The first-order valence-electron chi connectivity index (χ1n) is 3.69. The van der Waals surface area contributed by atoms with Crippen LogP contribution >= 0.6 is 11.3 Å². The number of rotatable bonds is 3. The van der Waals surface area contributed by atoms with E-state index in [1.54, 1.807) is 19.0 Å². The van der Waals surface area contributed by atoms with Gasteiger partial charge in [-0.05, 0) is 0 Å². The van der Waals surface area contributed by atoms with E-state index in [4.69, 9.17) is 5.73 Å². The molecule has 1 heterocycles. The summed E-state index contributed by atoms with van der Waals surface area (Å²) >= 11 is 0.957. The lowest BCUT2D eigenvalue weighted by molar-refractivity contribution is 0.00968. The van der Waals surface area contributed by atoms with Crippen molar-refractivity contribution in [2.45, 2.75) is 5.92 Å². The fraction of sp³-hybridized carbons (Fsp3) is 0.571. The highest BCUT2D eigenvalue weighted by molar-refractivity contribution is 7.15. The van der Waals surface area contributed by atoms with Crippen molar-refractivity contribution in [1.29, 1.82) is 0 Å². The van der Waals surface area contributed by atoms with Crippen molar-refractivity contribution in [2.24, 2.45) is 5.73 Å². The van der Waals surface area contributed by atoms with Gasteiger partial charge in [-0.15, -0.1) is 0 Å². The van der Waals surface area contributed by atoms with Crippen LogP contribution in [0.1, 0.15) is 4.88 Å². The van der Waals surface area contributed by atoms with Gasteiger partial charge in [-0.25, -0.2) is 4.98 Å². The molecule has 0 bridgehead atoms. The van der Waals surface area contributed by atoms with E-state index in [1.165, 1.54) is 6.20 Å². The van der Waals surface area contributed by atoms with Gasteiger partial charge in [-0.1, -0.05) is 11.3 Å². The van der Waals surface area contributed by atoms with Crippen LogP contribution in [-0.4, -0.2) is 25.6 Å². The Labute approximate surface area is 79.2 Å². The fourth-order valence-electron chi connectivity index (χ4n) is 0.741. The first kappa shape index (κ1) is 10.3. The quantitative estimate of drug-likeness (QED) is 0.811. The maximum absolute atomic E-state index is 13.0. The molecule has 0 aromatic carbocycles. The molecule has 6 heteroatoms. The smallest absolute Gasteiger partial charge is 0.295 e. The van der Waals surface area contributed by atoms with Gasteiger partial charge in [-0.2, -0.15) is 8.78 Å². The average Bonchev–Trinajstić information content (AvgIpc) is 2.52. The van der Waals surface area contributed by atoms with Crippen molar-refractivity contribution >= 4 is 16.5 Å². The normalized spacial score (nSPS) is 11.8. The van der Waals surface area contributed by atoms with Crippen molar-refractivity contribution in [3.63, 3.8) is 0 Å². The van der Waals surface area contributed by atoms with E-state index < -0.39 is 12.5 Å². The second kappa shape index (κ2) is 3.55. The van der Waals surface area contributed by atoms with Crippen molar-refractivity contribution in [3.8, 4) is 0 Å². The number of thiazole rings is 1. The molecule has 0 spiro atoms. The molecule has 1 aromatic heterocycles. The van der Waals surface area contributed by atoms with Crippen LogP contribution in [0.15, 0.2) is 6.20 Å². The summed E-state index contributed by atoms with van der Waals surface area (Å²) in [5, 5.41) is 0.558. The van der Waals surface area contributed by atoms with Crippen LogP contribution in [0, 0.1) is 0 Å². The van der Waals surface area contributed by atoms with E-state index in [-0.39, 0.29) is 4.88 Å². The molecule has 2 N–H and O–H groups in total. The van der Waals surface area contributed by atoms with Gasteiger partial charge in [0, 0.05) is 20.3 Å². The summed E-state index contributed by atoms with van der Waals surface area (Å²) in [6.07, 6.45) is 1.17. The Hall–Kier alpha value is -0.750. The molecule has 0 amide bonds. The van der Waals surface area contributed by atoms with Crippen molar-refractivity contribution in [1.82, 2.24) is 4.98 Å². The Kier molecular flexibility index (Phi) is 2.82. The lowest BCUT2D eigenvalue weighted by atomic mass is 10.3. The second-order valence-corrected chi connectivity index (χ2v) is 3.82. The molecule has 13 heavy (non-hydrogen) atoms. The van der Waals surface area contributed by atoms with E-state index >= 15 is 0 Å². The maximum Gasteiger partial charge on any atom is 0.295 e. The van der Waals surface area contributed by atoms with Gasteiger partial charge in [0.25, 0.3) is 5.92 Å². The summed E-state index contributed by atoms with van der Waals surface area (Å²) in [5.41, 5.74) is 4.94. The monoisotopic (exact) mass is 207 g/mol. The van der Waals surface area contributed by atoms with Crippen molar-refractivity contribution in [2.75, 3.05) is 25.5 Å². The second-order valence-electron chi connectivity index (χ2n) is 2.81. The summed E-state index contributed by atoms with van der Waals surface area (Å²) in [6.45, 7) is -0.679. The van der Waals surface area contributed by atoms with Gasteiger partial charge >= 0.3 is 0 Å². The zero-order valence-corrected chi connectivity index (χ0v) is 8.24. The van der Waals surface area contributed by atoms with E-state index in [1.807, 2.05) is 0 Å². The van der Waals surface area contributed by atoms with Crippen LogP contribution in [0.5, 0.6) is 0 Å². The highest BCUT2D eigenvalue weighted by atomic mass is 32.1. The van der Waals surface area contributed by atoms with Crippen LogP contribution in [0.2, 0.25) is 0 Å². The molecular formula is C7H11F2N3S. The molecule has 0 saturated carbocycles. The third kappa shape index (κ3) is 2.13. The topological polar surface area (TPSA) is 42.2 Å². The van der Waals surface area contributed by atoms with Crippen LogP contribution < -0.4 is 10.6 Å². The molecule has 1 rings (SSSR count). The van der Waals surface area contributed by atoms with Gasteiger partial charge in [0.05, 0.1) is 11.4 Å². The van der Waals surface area contributed by atoms with Crippen LogP contribution in [0.25, 0.3) is 0 Å². The zero-order valence-electron chi connectivity index (χ0n) is 7.42. The zero-order chi connectivity index (χ0) is 10.1. The molecule has 0 aliphatic heterocycles. The molecule has 0 atom stereocenters. The minimum atomic E-state index is -2.95. The number of nitrogens with two attached hydrogens (primary N) is 1. The summed E-state index contributed by atoms with van der Waals surface area (Å²) in [5.74, 6) is -2.95. The number of hydrogen-bond acceptors (Lipinski definition) is 4. The van der Waals surface area contributed by atoms with Crippen molar-refractivity contribution in [3.05, 3.63) is 11.1 Å². The van der Waals surface area contributed by atoms with E-state index in [0.29, 0.717) is 5.13 Å². The minimum Gasteiger partial charge on any atom is -0.354 e. The molecule has 0 radical (unpaired) electrons. The standard InChI is InChI=1S/C7H11F2N3S/c1-12(2)6-11-3-5(13-6)7(8,9)4-10/h3H,4,10H2,1-2H3. The van der Waals surface area contributed by atoms with Crippen LogP contribution in [-0.2, 0) is 5.92 Å². The van der Waals surface area contributed by atoms with Crippen LogP contribution in [0.4, 0.5) is 13.9 Å². The summed E-state index contributed by atoms with van der Waals surface area (Å²) in [4.78, 5) is 5.44. The molecule has 74 valence electrons. The Balaban J connectivity index is 2.91. The highest BCUT2D eigenvalue weighted by Crippen LogP contribution is 2.33. The Morgan fingerprint density at radius 2 is 2.23 bits per heavy atom. The molecule has 0 aliphatic rings. The molecule has 0 unspecified atom stereocenters. The molecule has 0 aliphatic carbocycles. The Bertz CT molecular complexity index is 285. The number of anilines is 1. The minimum absolute atomic E-state index is 0.0845. The molecule has 1 aromatic rings. The van der Waals surface area contributed by atoms with Crippen molar-refractivity contribution < 1.29 is 8.78 Å². The van der Waals surface area contributed by atoms with Gasteiger partial charge < -0.3 is 10.6 Å². The largest absolute Gasteiger partial charge is 0.354 e. The number of nitrogens with zero attached hydrogens (tertiary/aromatic N) is 2. The highest BCUT2D eigenvalue weighted by Gasteiger charge is 2.32. The third-order valence-corrected chi connectivity index (χ3v) is 2.77. The number of aromatic nitrogens is 1. The fourth-order valence-corrected chi connectivity index (χ4v) is 1.56. The Morgan fingerprint density at radius 3 is 2.62 bits per heavy atom. The summed E-state index contributed by atoms with van der Waals surface area (Å²) in [7, 11) is 3.51. The SMILES string of the molecule is CN(C)c1ncc(C(F)(F)CN)s1. The molecule has 0 saturated heterocycles. The number of alkyl halides is 2. The van der Waals surface area contributed by atoms with Gasteiger partial charge in [-0.3, -0.25) is 0 Å². The van der Waals surface area contributed by atoms with Gasteiger partial charge in [0.2, 0.25) is 0 Å². The number of hydrogen-bond donors (Lipinski definition) is 1. The first-order valence-corrected chi connectivity index (χ1v) is 4.50. The van der Waals surface area contributed by atoms with E-state index in [0.717, 1.165) is 11.3 Å². The molecular weight excluding hydrogens is 196 g/mol. The van der Waals surface area contributed by atoms with Crippen LogP contribution in [0.3, 0.4) is 0 Å². The lowest BCUT2D eigenvalue weighted by Gasteiger charge is -2.10. The van der Waals surface area contributed by atoms with E-state index in [2.05, 4.69) is 4.98 Å². The first-order chi connectivity index (χ1) is 5.97. The van der Waals surface area contributed by atoms with Gasteiger partial charge in [0.15, 0.2) is 5.13 Å². The predicted octanol–water partition coefficient (Wildman–Crippen LogP) is 1.26. The molecule has 3 nitrogen and oxygen atoms in total. The lowest BCUT2D eigenvalue weighted by Crippen LogP contribution is -2.23. The summed E-state index contributed by atoms with van der Waals surface area (Å²) in [6, 6.07) is 0. The summed E-state index contributed by atoms with van der Waals surface area (Å²) < 4.78 is 26.0. The predicted molar refractivity (Wildman–Crippen MR) is 49.4 cm³/mol. The number of halogens is 2. The average molecular weight is 207 g/mol. The third-order valence-electron chi connectivity index (χ3n) is 1.49. The Morgan fingerprint density at radius 1 is 1.62 bits per heavy atom. The maximum atomic E-state index is 13.0. The van der Waals surface area contributed by atoms with E-state index in [9.17, 15) is 8.78 Å².